The molecule has 0 fully saturated rings. The van der Waals surface area contributed by atoms with Crippen molar-refractivity contribution in [1.82, 2.24) is 0 Å². The molecule has 1 aromatic rings. The van der Waals surface area contributed by atoms with Crippen LogP contribution in [0.4, 0.5) is 18.9 Å². The Bertz CT molecular complexity index is 406. The molecule has 3 nitrogen and oxygen atoms in total. The van der Waals surface area contributed by atoms with Gasteiger partial charge in [0.1, 0.15) is 0 Å². The summed E-state index contributed by atoms with van der Waals surface area (Å²) in [6.45, 7) is 1.89. The van der Waals surface area contributed by atoms with E-state index in [1.54, 1.807) is 0 Å². The monoisotopic (exact) mass is 296 g/mol. The summed E-state index contributed by atoms with van der Waals surface area (Å²) in [5.74, 6) is -0.392. The number of hydrogen-bond acceptors (Lipinski definition) is 2. The van der Waals surface area contributed by atoms with Crippen molar-refractivity contribution in [2.75, 3.05) is 5.32 Å². The number of anilines is 1. The van der Waals surface area contributed by atoms with Gasteiger partial charge in [0.25, 0.3) is 0 Å². The zero-order valence-corrected chi connectivity index (χ0v) is 11.1. The largest absolute Gasteiger partial charge is 0.416 e. The van der Waals surface area contributed by atoms with Crippen molar-refractivity contribution in [1.29, 1.82) is 0 Å². The van der Waals surface area contributed by atoms with Gasteiger partial charge >= 0.3 is 6.18 Å². The first-order valence-corrected chi connectivity index (χ1v) is 5.58. The molecule has 7 heteroatoms. The molecule has 0 heterocycles. The molecule has 1 rings (SSSR count). The quantitative estimate of drug-likeness (QED) is 0.896. The van der Waals surface area contributed by atoms with E-state index in [-0.39, 0.29) is 12.4 Å². The summed E-state index contributed by atoms with van der Waals surface area (Å²) in [7, 11) is 0. The highest BCUT2D eigenvalue weighted by atomic mass is 35.5. The average molecular weight is 297 g/mol. The summed E-state index contributed by atoms with van der Waals surface area (Å²) in [4.78, 5) is 11.5. The number of hydrogen-bond donors (Lipinski definition) is 2. The summed E-state index contributed by atoms with van der Waals surface area (Å²) >= 11 is 0. The lowest BCUT2D eigenvalue weighted by molar-refractivity contribution is -0.137. The van der Waals surface area contributed by atoms with E-state index < -0.39 is 23.7 Å². The average Bonchev–Trinajstić information content (AvgIpc) is 2.28. The standard InChI is InChI=1S/C12H15F3N2O.ClH/c1-2-3-10(16)11(18)17-9-6-4-8(5-7-9)12(13,14)15;/h4-7,10H,2-3,16H2,1H3,(H,17,18);1H. The highest BCUT2D eigenvalue weighted by molar-refractivity contribution is 5.94. The Balaban J connectivity index is 0.00000324. The highest BCUT2D eigenvalue weighted by Gasteiger charge is 2.30. The van der Waals surface area contributed by atoms with E-state index in [4.69, 9.17) is 5.73 Å². The van der Waals surface area contributed by atoms with E-state index in [1.165, 1.54) is 12.1 Å². The number of halogens is 4. The molecule has 108 valence electrons. The topological polar surface area (TPSA) is 55.1 Å². The van der Waals surface area contributed by atoms with Gasteiger partial charge in [-0.3, -0.25) is 4.79 Å². The van der Waals surface area contributed by atoms with Crippen LogP contribution in [0.1, 0.15) is 25.3 Å². The van der Waals surface area contributed by atoms with Crippen molar-refractivity contribution in [2.45, 2.75) is 32.0 Å². The van der Waals surface area contributed by atoms with Crippen LogP contribution in [-0.2, 0) is 11.0 Å². The number of rotatable bonds is 4. The van der Waals surface area contributed by atoms with Crippen LogP contribution in [0, 0.1) is 0 Å². The molecule has 0 spiro atoms. The van der Waals surface area contributed by atoms with E-state index in [0.717, 1.165) is 18.6 Å². The molecular formula is C12H16ClF3N2O. The molecule has 0 bridgehead atoms. The lowest BCUT2D eigenvalue weighted by Crippen LogP contribution is -2.35. The zero-order chi connectivity index (χ0) is 13.8. The molecule has 1 amide bonds. The Labute approximate surface area is 115 Å². The summed E-state index contributed by atoms with van der Waals surface area (Å²) in [5, 5.41) is 2.47. The van der Waals surface area contributed by atoms with Gasteiger partial charge in [0.05, 0.1) is 11.6 Å². The van der Waals surface area contributed by atoms with Crippen molar-refractivity contribution in [3.8, 4) is 0 Å². The summed E-state index contributed by atoms with van der Waals surface area (Å²) in [6.07, 6.45) is -3.07. The number of nitrogens with one attached hydrogen (secondary N) is 1. The van der Waals surface area contributed by atoms with Crippen molar-refractivity contribution in [3.63, 3.8) is 0 Å². The van der Waals surface area contributed by atoms with Crippen LogP contribution >= 0.6 is 12.4 Å². The lowest BCUT2D eigenvalue weighted by Gasteiger charge is -2.12. The second-order valence-corrected chi connectivity index (χ2v) is 3.96. The molecule has 0 aromatic heterocycles. The zero-order valence-electron chi connectivity index (χ0n) is 10.3. The molecule has 3 N–H and O–H groups in total. The fraction of sp³-hybridized carbons (Fsp3) is 0.417. The second-order valence-electron chi connectivity index (χ2n) is 3.96. The van der Waals surface area contributed by atoms with Crippen LogP contribution in [0.2, 0.25) is 0 Å². The Morgan fingerprint density at radius 3 is 2.26 bits per heavy atom. The maximum absolute atomic E-state index is 12.3. The Morgan fingerprint density at radius 2 is 1.84 bits per heavy atom. The van der Waals surface area contributed by atoms with Crippen LogP contribution in [0.25, 0.3) is 0 Å². The first-order valence-electron chi connectivity index (χ1n) is 5.58. The minimum absolute atomic E-state index is 0. The first kappa shape index (κ1) is 17.7. The van der Waals surface area contributed by atoms with Gasteiger partial charge in [0.2, 0.25) is 5.91 Å². The number of carbonyl (C=O) groups is 1. The summed E-state index contributed by atoms with van der Waals surface area (Å²) in [6, 6.07) is 3.61. The van der Waals surface area contributed by atoms with Crippen molar-refractivity contribution < 1.29 is 18.0 Å². The van der Waals surface area contributed by atoms with E-state index >= 15 is 0 Å². The molecule has 0 aliphatic heterocycles. The van der Waals surface area contributed by atoms with E-state index in [2.05, 4.69) is 5.32 Å². The predicted molar refractivity (Wildman–Crippen MR) is 70.2 cm³/mol. The molecular weight excluding hydrogens is 281 g/mol. The first-order chi connectivity index (χ1) is 8.34. The third-order valence-electron chi connectivity index (χ3n) is 2.42. The highest BCUT2D eigenvalue weighted by Crippen LogP contribution is 2.29. The van der Waals surface area contributed by atoms with E-state index in [1.807, 2.05) is 6.92 Å². The molecule has 0 aliphatic carbocycles. The maximum atomic E-state index is 12.3. The Morgan fingerprint density at radius 1 is 1.32 bits per heavy atom. The van der Waals surface area contributed by atoms with Crippen LogP contribution in [-0.4, -0.2) is 11.9 Å². The van der Waals surface area contributed by atoms with Crippen LogP contribution < -0.4 is 11.1 Å². The number of amides is 1. The number of nitrogens with two attached hydrogens (primary N) is 1. The predicted octanol–water partition coefficient (Wildman–Crippen LogP) is 3.19. The van der Waals surface area contributed by atoms with E-state index in [9.17, 15) is 18.0 Å². The third-order valence-corrected chi connectivity index (χ3v) is 2.42. The van der Waals surface area contributed by atoms with Crippen LogP contribution in [0.3, 0.4) is 0 Å². The van der Waals surface area contributed by atoms with Crippen molar-refractivity contribution >= 4 is 24.0 Å². The van der Waals surface area contributed by atoms with Gasteiger partial charge in [-0.1, -0.05) is 13.3 Å². The Hall–Kier alpha value is -1.27. The lowest BCUT2D eigenvalue weighted by atomic mass is 10.1. The molecule has 0 saturated carbocycles. The van der Waals surface area contributed by atoms with Gasteiger partial charge in [-0.15, -0.1) is 12.4 Å². The second kappa shape index (κ2) is 7.35. The minimum atomic E-state index is -4.37. The van der Waals surface area contributed by atoms with Gasteiger partial charge in [-0.05, 0) is 30.7 Å². The normalized spacial score (nSPS) is 12.5. The van der Waals surface area contributed by atoms with Gasteiger partial charge in [-0.2, -0.15) is 13.2 Å². The number of carbonyl (C=O) groups excluding carboxylic acids is 1. The summed E-state index contributed by atoms with van der Waals surface area (Å²) in [5.41, 5.74) is 5.14. The van der Waals surface area contributed by atoms with Crippen LogP contribution in [0.15, 0.2) is 24.3 Å². The molecule has 1 atom stereocenters. The van der Waals surface area contributed by atoms with Gasteiger partial charge in [0.15, 0.2) is 0 Å². The van der Waals surface area contributed by atoms with Crippen molar-refractivity contribution in [3.05, 3.63) is 29.8 Å². The molecule has 0 radical (unpaired) electrons. The molecule has 1 aromatic carbocycles. The molecule has 19 heavy (non-hydrogen) atoms. The van der Waals surface area contributed by atoms with Crippen LogP contribution in [0.5, 0.6) is 0 Å². The number of benzene rings is 1. The molecule has 0 saturated heterocycles. The fourth-order valence-electron chi connectivity index (χ4n) is 1.42. The number of alkyl halides is 3. The smallest absolute Gasteiger partial charge is 0.325 e. The molecule has 0 aliphatic rings. The van der Waals surface area contributed by atoms with Gasteiger partial charge < -0.3 is 11.1 Å². The minimum Gasteiger partial charge on any atom is -0.325 e. The maximum Gasteiger partial charge on any atom is 0.416 e. The fourth-order valence-corrected chi connectivity index (χ4v) is 1.42. The summed E-state index contributed by atoms with van der Waals surface area (Å²) < 4.78 is 36.9. The SMILES string of the molecule is CCCC(N)C(=O)Nc1ccc(C(F)(F)F)cc1.Cl. The molecule has 1 unspecified atom stereocenters. The third kappa shape index (κ3) is 5.48. The van der Waals surface area contributed by atoms with Gasteiger partial charge in [-0.25, -0.2) is 0 Å². The Kier molecular flexibility index (Phi) is 6.86. The van der Waals surface area contributed by atoms with Crippen molar-refractivity contribution in [2.24, 2.45) is 5.73 Å². The van der Waals surface area contributed by atoms with E-state index in [0.29, 0.717) is 12.1 Å². The van der Waals surface area contributed by atoms with Gasteiger partial charge in [0, 0.05) is 5.69 Å².